The molecule has 0 bridgehead atoms. The maximum atomic E-state index is 12.5. The lowest BCUT2D eigenvalue weighted by Crippen LogP contribution is -2.36. The average molecular weight is 260 g/mol. The van der Waals surface area contributed by atoms with Crippen molar-refractivity contribution in [2.75, 3.05) is 0 Å². The molecular formula is C14H20N4O. The first kappa shape index (κ1) is 13.5. The van der Waals surface area contributed by atoms with E-state index in [0.29, 0.717) is 5.82 Å². The minimum atomic E-state index is -0.264. The van der Waals surface area contributed by atoms with Gasteiger partial charge < -0.3 is 4.57 Å². The average Bonchev–Trinajstić information content (AvgIpc) is 2.76. The van der Waals surface area contributed by atoms with Gasteiger partial charge in [0, 0.05) is 36.7 Å². The van der Waals surface area contributed by atoms with Crippen molar-refractivity contribution in [1.82, 2.24) is 19.1 Å². The third-order valence-electron chi connectivity index (χ3n) is 2.96. The molecule has 19 heavy (non-hydrogen) atoms. The smallest absolute Gasteiger partial charge is 0.294 e. The van der Waals surface area contributed by atoms with Gasteiger partial charge in [0.15, 0.2) is 0 Å². The van der Waals surface area contributed by atoms with Crippen molar-refractivity contribution in [2.45, 2.75) is 46.1 Å². The Labute approximate surface area is 112 Å². The van der Waals surface area contributed by atoms with Crippen molar-refractivity contribution >= 4 is 0 Å². The summed E-state index contributed by atoms with van der Waals surface area (Å²) in [6.45, 7) is 8.09. The van der Waals surface area contributed by atoms with Crippen LogP contribution in [-0.2, 0) is 12.0 Å². The van der Waals surface area contributed by atoms with Crippen LogP contribution in [-0.4, -0.2) is 19.1 Å². The van der Waals surface area contributed by atoms with E-state index < -0.39 is 0 Å². The summed E-state index contributed by atoms with van der Waals surface area (Å²) in [6.07, 6.45) is 8.71. The van der Waals surface area contributed by atoms with Crippen LogP contribution in [0.3, 0.4) is 0 Å². The van der Waals surface area contributed by atoms with E-state index in [9.17, 15) is 4.79 Å². The first-order chi connectivity index (χ1) is 8.95. The summed E-state index contributed by atoms with van der Waals surface area (Å²) in [5, 5.41) is 0. The molecule has 0 atom stereocenters. The Morgan fingerprint density at radius 3 is 2.47 bits per heavy atom. The summed E-state index contributed by atoms with van der Waals surface area (Å²) in [4.78, 5) is 21.0. The fourth-order valence-corrected chi connectivity index (χ4v) is 2.03. The van der Waals surface area contributed by atoms with Crippen molar-refractivity contribution in [2.24, 2.45) is 0 Å². The Bertz CT molecular complexity index is 619. The topological polar surface area (TPSA) is 52.7 Å². The van der Waals surface area contributed by atoms with Gasteiger partial charge in [0.1, 0.15) is 5.82 Å². The molecule has 0 aliphatic rings. The molecule has 102 valence electrons. The van der Waals surface area contributed by atoms with E-state index in [0.717, 1.165) is 18.7 Å². The molecule has 0 N–H and O–H groups in total. The number of rotatable bonds is 3. The number of aromatic nitrogens is 4. The summed E-state index contributed by atoms with van der Waals surface area (Å²) >= 11 is 0. The Morgan fingerprint density at radius 1 is 1.16 bits per heavy atom. The van der Waals surface area contributed by atoms with Crippen LogP contribution in [0.15, 0.2) is 29.6 Å². The monoisotopic (exact) mass is 260 g/mol. The first-order valence-electron chi connectivity index (χ1n) is 6.56. The maximum Gasteiger partial charge on any atom is 0.294 e. The van der Waals surface area contributed by atoms with Gasteiger partial charge in [-0.05, 0) is 27.2 Å². The molecular weight excluding hydrogens is 240 g/mol. The van der Waals surface area contributed by atoms with E-state index in [1.807, 2.05) is 20.8 Å². The van der Waals surface area contributed by atoms with Crippen LogP contribution in [0.5, 0.6) is 0 Å². The van der Waals surface area contributed by atoms with E-state index in [4.69, 9.17) is 0 Å². The minimum absolute atomic E-state index is 0.0923. The molecule has 5 nitrogen and oxygen atoms in total. The Morgan fingerprint density at radius 2 is 1.84 bits per heavy atom. The number of hydrogen-bond acceptors (Lipinski definition) is 3. The summed E-state index contributed by atoms with van der Waals surface area (Å²) in [7, 11) is 0. The zero-order valence-electron chi connectivity index (χ0n) is 11.9. The highest BCUT2D eigenvalue weighted by Gasteiger charge is 2.18. The van der Waals surface area contributed by atoms with Crippen LogP contribution in [0, 0.1) is 0 Å². The second-order valence-electron chi connectivity index (χ2n) is 5.56. The van der Waals surface area contributed by atoms with Gasteiger partial charge in [0.05, 0.1) is 0 Å². The fraction of sp³-hybridized carbons (Fsp3) is 0.500. The van der Waals surface area contributed by atoms with Crippen molar-refractivity contribution in [3.05, 3.63) is 41.0 Å². The van der Waals surface area contributed by atoms with Crippen LogP contribution >= 0.6 is 0 Å². The van der Waals surface area contributed by atoms with Crippen LogP contribution in [0.1, 0.15) is 39.9 Å². The Kier molecular flexibility index (Phi) is 3.55. The van der Waals surface area contributed by atoms with Gasteiger partial charge in [-0.3, -0.25) is 9.36 Å². The number of nitrogens with zero attached hydrogens (tertiary/aromatic N) is 4. The van der Waals surface area contributed by atoms with Gasteiger partial charge in [-0.2, -0.15) is 0 Å². The molecule has 0 amide bonds. The van der Waals surface area contributed by atoms with Crippen LogP contribution < -0.4 is 5.56 Å². The largest absolute Gasteiger partial charge is 0.306 e. The highest BCUT2D eigenvalue weighted by molar-refractivity contribution is 5.22. The molecule has 0 unspecified atom stereocenters. The minimum Gasteiger partial charge on any atom is -0.306 e. The molecule has 0 saturated heterocycles. The first-order valence-corrected chi connectivity index (χ1v) is 6.56. The lowest BCUT2D eigenvalue weighted by molar-refractivity contribution is 0.381. The molecule has 2 aromatic rings. The van der Waals surface area contributed by atoms with Gasteiger partial charge in [-0.25, -0.2) is 9.97 Å². The standard InChI is InChI=1S/C14H20N4O/c1-5-6-11-15-7-9-17(11)12-13(19)18(10-8-16-12)14(2,3)4/h7-10H,5-6H2,1-4H3. The summed E-state index contributed by atoms with van der Waals surface area (Å²) in [5.74, 6) is 1.29. The molecule has 0 radical (unpaired) electrons. The predicted octanol–water partition coefficient (Wildman–Crippen LogP) is 2.14. The van der Waals surface area contributed by atoms with Crippen molar-refractivity contribution in [3.63, 3.8) is 0 Å². The molecule has 0 spiro atoms. The molecule has 0 aromatic carbocycles. The van der Waals surface area contributed by atoms with Crippen molar-refractivity contribution < 1.29 is 0 Å². The van der Waals surface area contributed by atoms with Gasteiger partial charge in [-0.15, -0.1) is 0 Å². The Balaban J connectivity index is 2.58. The van der Waals surface area contributed by atoms with E-state index in [2.05, 4.69) is 16.9 Å². The number of hydrogen-bond donors (Lipinski definition) is 0. The van der Waals surface area contributed by atoms with Crippen LogP contribution in [0.2, 0.25) is 0 Å². The SMILES string of the molecule is CCCc1nccn1-c1nccn(C(C)(C)C)c1=O. The molecule has 2 heterocycles. The van der Waals surface area contributed by atoms with Crippen LogP contribution in [0.4, 0.5) is 0 Å². The van der Waals surface area contributed by atoms with Crippen molar-refractivity contribution in [1.29, 1.82) is 0 Å². The van der Waals surface area contributed by atoms with E-state index in [1.54, 1.807) is 33.9 Å². The summed E-state index contributed by atoms with van der Waals surface area (Å²) < 4.78 is 3.49. The quantitative estimate of drug-likeness (QED) is 0.849. The highest BCUT2D eigenvalue weighted by Crippen LogP contribution is 2.12. The lowest BCUT2D eigenvalue weighted by Gasteiger charge is -2.22. The molecule has 0 saturated carbocycles. The lowest BCUT2D eigenvalue weighted by atomic mass is 10.1. The van der Waals surface area contributed by atoms with Crippen LogP contribution in [0.25, 0.3) is 5.82 Å². The summed E-state index contributed by atoms with van der Waals surface area (Å²) in [6, 6.07) is 0. The second-order valence-corrected chi connectivity index (χ2v) is 5.56. The number of aryl methyl sites for hydroxylation is 1. The van der Waals surface area contributed by atoms with Gasteiger partial charge >= 0.3 is 0 Å². The van der Waals surface area contributed by atoms with Gasteiger partial charge in [0.25, 0.3) is 5.56 Å². The summed E-state index contributed by atoms with van der Waals surface area (Å²) in [5.41, 5.74) is -0.356. The van der Waals surface area contributed by atoms with E-state index >= 15 is 0 Å². The molecule has 0 aliphatic heterocycles. The van der Waals surface area contributed by atoms with Crippen molar-refractivity contribution in [3.8, 4) is 5.82 Å². The predicted molar refractivity (Wildman–Crippen MR) is 74.6 cm³/mol. The molecule has 2 rings (SSSR count). The second kappa shape index (κ2) is 4.99. The zero-order valence-corrected chi connectivity index (χ0v) is 11.9. The third kappa shape index (κ3) is 2.59. The maximum absolute atomic E-state index is 12.5. The van der Waals surface area contributed by atoms with Gasteiger partial charge in [0.2, 0.25) is 5.82 Å². The number of imidazole rings is 1. The molecule has 2 aromatic heterocycles. The molecule has 5 heteroatoms. The van der Waals surface area contributed by atoms with E-state index in [1.165, 1.54) is 0 Å². The van der Waals surface area contributed by atoms with Gasteiger partial charge in [-0.1, -0.05) is 6.92 Å². The highest BCUT2D eigenvalue weighted by atomic mass is 16.1. The molecule has 0 aliphatic carbocycles. The van der Waals surface area contributed by atoms with E-state index in [-0.39, 0.29) is 11.1 Å². The normalized spacial score (nSPS) is 11.8. The Hall–Kier alpha value is -1.91. The zero-order chi connectivity index (χ0) is 14.0. The molecule has 0 fully saturated rings. The third-order valence-corrected chi connectivity index (χ3v) is 2.96. The fourth-order valence-electron chi connectivity index (χ4n) is 2.03.